The Hall–Kier alpha value is -2.64. The van der Waals surface area contributed by atoms with Gasteiger partial charge in [0.15, 0.2) is 0 Å². The molecule has 0 aromatic heterocycles. The Morgan fingerprint density at radius 1 is 1.42 bits per heavy atom. The molecule has 0 radical (unpaired) electrons. The maximum atomic E-state index is 11.7. The minimum Gasteiger partial charge on any atom is -0.480 e. The first kappa shape index (κ1) is 14.4. The molecule has 102 valence electrons. The highest BCUT2D eigenvalue weighted by Crippen LogP contribution is 2.25. The summed E-state index contributed by atoms with van der Waals surface area (Å²) in [7, 11) is 3.06. The van der Waals surface area contributed by atoms with Gasteiger partial charge < -0.3 is 15.3 Å². The first-order valence-corrected chi connectivity index (χ1v) is 5.28. The van der Waals surface area contributed by atoms with E-state index in [-0.39, 0.29) is 22.8 Å². The molecule has 0 saturated carbocycles. The highest BCUT2D eigenvalue weighted by molar-refractivity contribution is 5.95. The summed E-state index contributed by atoms with van der Waals surface area (Å²) in [5, 5.41) is 21.9. The van der Waals surface area contributed by atoms with Crippen LogP contribution in [0.2, 0.25) is 0 Å². The van der Waals surface area contributed by atoms with Crippen molar-refractivity contribution in [3.05, 3.63) is 33.9 Å². The number of nitrogens with one attached hydrogen (secondary N) is 1. The fourth-order valence-corrected chi connectivity index (χ4v) is 1.39. The summed E-state index contributed by atoms with van der Waals surface area (Å²) >= 11 is 0. The zero-order valence-electron chi connectivity index (χ0n) is 10.4. The normalized spacial score (nSPS) is 9.79. The highest BCUT2D eigenvalue weighted by atomic mass is 16.6. The molecule has 0 aliphatic rings. The first-order valence-electron chi connectivity index (χ1n) is 5.28. The Balaban J connectivity index is 3.11. The van der Waals surface area contributed by atoms with E-state index in [2.05, 4.69) is 5.32 Å². The molecule has 0 aliphatic heterocycles. The lowest BCUT2D eigenvalue weighted by atomic mass is 10.1. The second-order valence-electron chi connectivity index (χ2n) is 3.94. The van der Waals surface area contributed by atoms with Crippen LogP contribution in [0.3, 0.4) is 0 Å². The molecule has 1 aromatic rings. The van der Waals surface area contributed by atoms with E-state index in [1.165, 1.54) is 31.1 Å². The van der Waals surface area contributed by atoms with Crippen LogP contribution in [0.15, 0.2) is 18.2 Å². The summed E-state index contributed by atoms with van der Waals surface area (Å²) in [5.74, 6) is -1.50. The third kappa shape index (κ3) is 3.66. The molecule has 0 atom stereocenters. The average molecular weight is 267 g/mol. The number of nitro groups is 1. The minimum atomic E-state index is -1.14. The molecule has 0 spiro atoms. The van der Waals surface area contributed by atoms with Gasteiger partial charge in [-0.15, -0.1) is 0 Å². The minimum absolute atomic E-state index is 0.0581. The number of carboxylic acids is 1. The number of benzene rings is 1. The van der Waals surface area contributed by atoms with Crippen LogP contribution in [0.25, 0.3) is 0 Å². The molecule has 19 heavy (non-hydrogen) atoms. The number of carboxylic acid groups (broad SMARTS) is 1. The van der Waals surface area contributed by atoms with E-state index in [4.69, 9.17) is 5.11 Å². The van der Waals surface area contributed by atoms with Gasteiger partial charge >= 0.3 is 5.97 Å². The molecule has 2 N–H and O–H groups in total. The molecule has 8 heteroatoms. The summed E-state index contributed by atoms with van der Waals surface area (Å²) < 4.78 is 0. The number of amides is 1. The van der Waals surface area contributed by atoms with E-state index >= 15 is 0 Å². The number of carbonyl (C=O) groups is 2. The number of nitrogens with zero attached hydrogens (tertiary/aromatic N) is 2. The van der Waals surface area contributed by atoms with Crippen LogP contribution in [0.5, 0.6) is 0 Å². The summed E-state index contributed by atoms with van der Waals surface area (Å²) in [6.07, 6.45) is 0. The third-order valence-electron chi connectivity index (χ3n) is 2.28. The van der Waals surface area contributed by atoms with Crippen LogP contribution in [0.1, 0.15) is 10.4 Å². The molecular formula is C11H13N3O5. The van der Waals surface area contributed by atoms with Crippen molar-refractivity contribution in [2.24, 2.45) is 0 Å². The zero-order chi connectivity index (χ0) is 14.6. The van der Waals surface area contributed by atoms with Crippen molar-refractivity contribution in [3.63, 3.8) is 0 Å². The Kier molecular flexibility index (Phi) is 4.41. The molecule has 0 saturated heterocycles. The second-order valence-corrected chi connectivity index (χ2v) is 3.94. The number of anilines is 1. The van der Waals surface area contributed by atoms with Crippen LogP contribution >= 0.6 is 0 Å². The van der Waals surface area contributed by atoms with Crippen molar-refractivity contribution in [3.8, 4) is 0 Å². The van der Waals surface area contributed by atoms with Crippen molar-refractivity contribution in [1.82, 2.24) is 4.90 Å². The molecule has 1 rings (SSSR count). The van der Waals surface area contributed by atoms with Crippen molar-refractivity contribution in [2.75, 3.05) is 26.0 Å². The van der Waals surface area contributed by atoms with Gasteiger partial charge in [-0.25, -0.2) is 0 Å². The molecule has 1 amide bonds. The standard InChI is InChI=1S/C11H13N3O5/c1-13(2)11(17)7-3-4-8(12-6-10(15)16)9(5-7)14(18)19/h3-5,12H,6H2,1-2H3,(H,15,16). The average Bonchev–Trinajstić information content (AvgIpc) is 2.34. The van der Waals surface area contributed by atoms with E-state index in [1.54, 1.807) is 0 Å². The van der Waals surface area contributed by atoms with E-state index in [9.17, 15) is 19.7 Å². The fraction of sp³-hybridized carbons (Fsp3) is 0.273. The van der Waals surface area contributed by atoms with Gasteiger partial charge in [-0.3, -0.25) is 19.7 Å². The molecule has 0 aliphatic carbocycles. The predicted octanol–water partition coefficient (Wildman–Crippen LogP) is 0.793. The summed E-state index contributed by atoms with van der Waals surface area (Å²) in [6, 6.07) is 3.84. The van der Waals surface area contributed by atoms with Crippen LogP contribution in [0, 0.1) is 10.1 Å². The smallest absolute Gasteiger partial charge is 0.322 e. The number of nitro benzene ring substituents is 1. The molecular weight excluding hydrogens is 254 g/mol. The first-order chi connectivity index (χ1) is 8.82. The SMILES string of the molecule is CN(C)C(=O)c1ccc(NCC(=O)O)c([N+](=O)[O-])c1. The lowest BCUT2D eigenvalue weighted by molar-refractivity contribution is -0.384. The lowest BCUT2D eigenvalue weighted by Gasteiger charge is -2.11. The molecule has 0 fully saturated rings. The number of carbonyl (C=O) groups excluding carboxylic acids is 1. The molecule has 0 unspecified atom stereocenters. The maximum Gasteiger partial charge on any atom is 0.322 e. The third-order valence-corrected chi connectivity index (χ3v) is 2.28. The van der Waals surface area contributed by atoms with E-state index in [1.807, 2.05) is 0 Å². The number of hydrogen-bond acceptors (Lipinski definition) is 5. The van der Waals surface area contributed by atoms with Gasteiger partial charge in [-0.05, 0) is 12.1 Å². The molecule has 0 heterocycles. The molecule has 0 bridgehead atoms. The van der Waals surface area contributed by atoms with Crippen molar-refractivity contribution >= 4 is 23.3 Å². The van der Waals surface area contributed by atoms with Gasteiger partial charge in [0.2, 0.25) is 0 Å². The fourth-order valence-electron chi connectivity index (χ4n) is 1.39. The summed E-state index contributed by atoms with van der Waals surface area (Å²) in [5.41, 5.74) is -0.116. The quantitative estimate of drug-likeness (QED) is 0.602. The van der Waals surface area contributed by atoms with Crippen molar-refractivity contribution in [1.29, 1.82) is 0 Å². The summed E-state index contributed by atoms with van der Waals surface area (Å²) in [6.45, 7) is -0.443. The van der Waals surface area contributed by atoms with Crippen LogP contribution in [0.4, 0.5) is 11.4 Å². The maximum absolute atomic E-state index is 11.7. The van der Waals surface area contributed by atoms with E-state index in [0.29, 0.717) is 0 Å². The Labute approximate surface area is 108 Å². The Morgan fingerprint density at radius 2 is 2.05 bits per heavy atom. The Morgan fingerprint density at radius 3 is 2.53 bits per heavy atom. The zero-order valence-corrected chi connectivity index (χ0v) is 10.4. The summed E-state index contributed by atoms with van der Waals surface area (Å²) in [4.78, 5) is 33.6. The lowest BCUT2D eigenvalue weighted by Crippen LogP contribution is -2.22. The molecule has 1 aromatic carbocycles. The van der Waals surface area contributed by atoms with Crippen molar-refractivity contribution < 1.29 is 19.6 Å². The van der Waals surface area contributed by atoms with E-state index in [0.717, 1.165) is 6.07 Å². The van der Waals surface area contributed by atoms with Gasteiger partial charge in [-0.2, -0.15) is 0 Å². The second kappa shape index (κ2) is 5.80. The number of hydrogen-bond donors (Lipinski definition) is 2. The largest absolute Gasteiger partial charge is 0.480 e. The van der Waals surface area contributed by atoms with Gasteiger partial charge in [0.25, 0.3) is 11.6 Å². The van der Waals surface area contributed by atoms with Gasteiger partial charge in [0.1, 0.15) is 12.2 Å². The number of aliphatic carboxylic acids is 1. The van der Waals surface area contributed by atoms with Crippen LogP contribution in [-0.2, 0) is 4.79 Å². The molecule has 8 nitrogen and oxygen atoms in total. The van der Waals surface area contributed by atoms with Crippen LogP contribution in [-0.4, -0.2) is 47.4 Å². The van der Waals surface area contributed by atoms with E-state index < -0.39 is 17.4 Å². The Bertz CT molecular complexity index is 527. The van der Waals surface area contributed by atoms with Crippen LogP contribution < -0.4 is 5.32 Å². The van der Waals surface area contributed by atoms with Gasteiger partial charge in [-0.1, -0.05) is 0 Å². The van der Waals surface area contributed by atoms with Gasteiger partial charge in [0.05, 0.1) is 4.92 Å². The number of rotatable bonds is 5. The monoisotopic (exact) mass is 267 g/mol. The topological polar surface area (TPSA) is 113 Å². The van der Waals surface area contributed by atoms with Gasteiger partial charge in [0, 0.05) is 25.7 Å². The van der Waals surface area contributed by atoms with Crippen molar-refractivity contribution in [2.45, 2.75) is 0 Å². The highest BCUT2D eigenvalue weighted by Gasteiger charge is 2.18. The predicted molar refractivity (Wildman–Crippen MR) is 67.2 cm³/mol.